The van der Waals surface area contributed by atoms with Crippen LogP contribution in [0.5, 0.6) is 5.75 Å². The normalized spacial score (nSPS) is 26.0. The Morgan fingerprint density at radius 1 is 1.19 bits per heavy atom. The molecule has 0 radical (unpaired) electrons. The molecule has 1 saturated carbocycles. The molecule has 0 amide bonds. The van der Waals surface area contributed by atoms with Gasteiger partial charge in [0.15, 0.2) is 11.6 Å². The molecule has 26 heavy (non-hydrogen) atoms. The maximum absolute atomic E-state index is 13.3. The molecule has 1 heterocycles. The maximum Gasteiger partial charge on any atom is 0.165 e. The van der Waals surface area contributed by atoms with Crippen molar-refractivity contribution in [1.82, 2.24) is 4.90 Å². The lowest BCUT2D eigenvalue weighted by atomic mass is 10.0. The molecule has 1 aliphatic heterocycles. The van der Waals surface area contributed by atoms with Gasteiger partial charge in [0, 0.05) is 19.6 Å². The lowest BCUT2D eigenvalue weighted by Crippen LogP contribution is -2.27. The number of phenolic OH excluding ortho intramolecular Hbond substituents is 1. The van der Waals surface area contributed by atoms with Crippen LogP contribution in [0.2, 0.25) is 0 Å². The van der Waals surface area contributed by atoms with E-state index in [4.69, 9.17) is 5.11 Å². The fourth-order valence-corrected chi connectivity index (χ4v) is 4.31. The van der Waals surface area contributed by atoms with Gasteiger partial charge in [-0.2, -0.15) is 0 Å². The summed E-state index contributed by atoms with van der Waals surface area (Å²) >= 11 is 0. The average Bonchev–Trinajstić information content (AvgIpc) is 3.20. The zero-order valence-corrected chi connectivity index (χ0v) is 15.6. The first kappa shape index (κ1) is 19.1. The van der Waals surface area contributed by atoms with E-state index in [2.05, 4.69) is 30.1 Å². The van der Waals surface area contributed by atoms with Crippen LogP contribution in [0.25, 0.3) is 0 Å². The molecule has 3 aliphatic rings. The summed E-state index contributed by atoms with van der Waals surface area (Å²) in [5, 5.41) is 19.3. The summed E-state index contributed by atoms with van der Waals surface area (Å²) in [4.78, 5) is 2.28. The molecule has 1 aromatic carbocycles. The lowest BCUT2D eigenvalue weighted by Gasteiger charge is -2.21. The highest BCUT2D eigenvalue weighted by molar-refractivity contribution is 5.29. The molecule has 4 rings (SSSR count). The van der Waals surface area contributed by atoms with E-state index in [1.54, 1.807) is 6.07 Å². The molecule has 2 N–H and O–H groups in total. The van der Waals surface area contributed by atoms with Crippen LogP contribution in [0, 0.1) is 17.7 Å². The number of likely N-dealkylation sites (tertiary alicyclic amines) is 1. The second-order valence-corrected chi connectivity index (χ2v) is 7.82. The summed E-state index contributed by atoms with van der Waals surface area (Å²) < 4.78 is 13.3. The molecule has 1 unspecified atom stereocenters. The van der Waals surface area contributed by atoms with Gasteiger partial charge in [-0.25, -0.2) is 4.39 Å². The van der Waals surface area contributed by atoms with Gasteiger partial charge in [0.1, 0.15) is 0 Å². The Hall–Kier alpha value is -1.65. The Morgan fingerprint density at radius 3 is 2.46 bits per heavy atom. The Labute approximate surface area is 155 Å². The van der Waals surface area contributed by atoms with Crippen LogP contribution in [0.3, 0.4) is 0 Å². The smallest absolute Gasteiger partial charge is 0.165 e. The largest absolute Gasteiger partial charge is 0.505 e. The van der Waals surface area contributed by atoms with Gasteiger partial charge in [-0.1, -0.05) is 36.3 Å². The van der Waals surface area contributed by atoms with Crippen LogP contribution in [0.4, 0.5) is 4.39 Å². The summed E-state index contributed by atoms with van der Waals surface area (Å²) in [5.74, 6) is 0.550. The summed E-state index contributed by atoms with van der Waals surface area (Å²) in [5.41, 5.74) is 1.94. The summed E-state index contributed by atoms with van der Waals surface area (Å²) in [6.45, 7) is 4.80. The van der Waals surface area contributed by atoms with Gasteiger partial charge in [-0.05, 0) is 62.1 Å². The fourth-order valence-electron chi connectivity index (χ4n) is 4.31. The highest BCUT2D eigenvalue weighted by Crippen LogP contribution is 2.38. The number of benzene rings is 1. The van der Waals surface area contributed by atoms with E-state index in [1.165, 1.54) is 49.8 Å². The fraction of sp³-hybridized carbons (Fsp3) is 0.545. The molecule has 2 aliphatic carbocycles. The van der Waals surface area contributed by atoms with E-state index in [0.717, 1.165) is 24.9 Å². The van der Waals surface area contributed by atoms with E-state index in [1.807, 2.05) is 0 Å². The van der Waals surface area contributed by atoms with E-state index in [-0.39, 0.29) is 5.75 Å². The van der Waals surface area contributed by atoms with E-state index in [0.29, 0.717) is 12.1 Å². The van der Waals surface area contributed by atoms with Crippen molar-refractivity contribution in [2.75, 3.05) is 19.6 Å². The molecule has 142 valence electrons. The topological polar surface area (TPSA) is 43.7 Å². The highest BCUT2D eigenvalue weighted by atomic mass is 19.1. The molecule has 3 atom stereocenters. The predicted molar refractivity (Wildman–Crippen MR) is 102 cm³/mol. The van der Waals surface area contributed by atoms with Crippen molar-refractivity contribution in [3.63, 3.8) is 0 Å². The molecule has 0 bridgehead atoms. The first-order chi connectivity index (χ1) is 12.5. The van der Waals surface area contributed by atoms with Gasteiger partial charge >= 0.3 is 0 Å². The van der Waals surface area contributed by atoms with Crippen LogP contribution in [0.15, 0.2) is 42.0 Å². The third-order valence-corrected chi connectivity index (χ3v) is 5.77. The predicted octanol–water partition coefficient (Wildman–Crippen LogP) is 4.58. The molecule has 1 saturated heterocycles. The highest BCUT2D eigenvalue weighted by Gasteiger charge is 2.36. The summed E-state index contributed by atoms with van der Waals surface area (Å²) in [6, 6.07) is 4.10. The number of halogens is 1. The van der Waals surface area contributed by atoms with Gasteiger partial charge in [0.2, 0.25) is 0 Å². The van der Waals surface area contributed by atoms with Crippen molar-refractivity contribution >= 4 is 0 Å². The van der Waals surface area contributed by atoms with Crippen LogP contribution < -0.4 is 0 Å². The molecule has 1 aromatic rings. The first-order valence-corrected chi connectivity index (χ1v) is 9.75. The third-order valence-electron chi connectivity index (χ3n) is 5.77. The average molecular weight is 359 g/mol. The quantitative estimate of drug-likeness (QED) is 0.830. The number of β-amino-alcohol motifs (C(OH)–C–C–N with tert-alkyl or cyclic N) is 1. The van der Waals surface area contributed by atoms with Crippen molar-refractivity contribution in [2.45, 2.75) is 45.1 Å². The third kappa shape index (κ3) is 4.95. The first-order valence-electron chi connectivity index (χ1n) is 9.75. The number of allylic oxidation sites excluding steroid dienone is 4. The monoisotopic (exact) mass is 359 g/mol. The summed E-state index contributed by atoms with van der Waals surface area (Å²) in [7, 11) is 0. The molecular formula is C22H30FNO2. The molecular weight excluding hydrogens is 329 g/mol. The van der Waals surface area contributed by atoms with E-state index >= 15 is 0 Å². The zero-order chi connectivity index (χ0) is 18.5. The second kappa shape index (κ2) is 8.83. The van der Waals surface area contributed by atoms with Gasteiger partial charge < -0.3 is 10.2 Å². The molecule has 4 heteroatoms. The van der Waals surface area contributed by atoms with E-state index < -0.39 is 11.9 Å². The SMILES string of the molecule is CC1=CCCC=C1.Oc1ccc(C(O)CN2C[C@H]3CCC[C@H]3C2)cc1F. The Bertz CT molecular complexity index is 658. The Kier molecular flexibility index (Phi) is 6.49. The minimum Gasteiger partial charge on any atom is -0.505 e. The number of hydrogen-bond acceptors (Lipinski definition) is 3. The molecule has 2 fully saturated rings. The van der Waals surface area contributed by atoms with E-state index in [9.17, 15) is 9.50 Å². The van der Waals surface area contributed by atoms with Gasteiger partial charge in [-0.3, -0.25) is 4.90 Å². The van der Waals surface area contributed by atoms with Gasteiger partial charge in [0.25, 0.3) is 0 Å². The van der Waals surface area contributed by atoms with Crippen molar-refractivity contribution < 1.29 is 14.6 Å². The molecule has 3 nitrogen and oxygen atoms in total. The molecule has 0 spiro atoms. The van der Waals surface area contributed by atoms with Crippen LogP contribution >= 0.6 is 0 Å². The number of nitrogens with zero attached hydrogens (tertiary/aromatic N) is 1. The number of phenols is 1. The zero-order valence-electron chi connectivity index (χ0n) is 15.6. The van der Waals surface area contributed by atoms with Crippen molar-refractivity contribution in [3.05, 3.63) is 53.4 Å². The number of hydrogen-bond donors (Lipinski definition) is 2. The lowest BCUT2D eigenvalue weighted by molar-refractivity contribution is 0.121. The van der Waals surface area contributed by atoms with Crippen LogP contribution in [0.1, 0.15) is 50.7 Å². The number of aliphatic hydroxyl groups is 1. The maximum atomic E-state index is 13.3. The van der Waals surface area contributed by atoms with Crippen LogP contribution in [-0.4, -0.2) is 34.7 Å². The number of fused-ring (bicyclic) bond motifs is 1. The minimum atomic E-state index is -0.686. The van der Waals surface area contributed by atoms with Crippen molar-refractivity contribution in [3.8, 4) is 5.75 Å². The number of rotatable bonds is 3. The minimum absolute atomic E-state index is 0.369. The van der Waals surface area contributed by atoms with Crippen LogP contribution in [-0.2, 0) is 0 Å². The van der Waals surface area contributed by atoms with Crippen molar-refractivity contribution in [1.29, 1.82) is 0 Å². The number of aliphatic hydroxyl groups excluding tert-OH is 1. The standard InChI is InChI=1S/C15H20FNO2.C7H10/c16-13-6-10(4-5-14(13)18)15(19)9-17-7-11-2-1-3-12(11)8-17;1-7-5-3-2-4-6-7/h4-6,11-12,15,18-19H,1-3,7-9H2;3,5-6H,2,4H2,1H3/t11-,12+,15?;. The molecule has 0 aromatic heterocycles. The van der Waals surface area contributed by atoms with Gasteiger partial charge in [-0.15, -0.1) is 0 Å². The second-order valence-electron chi connectivity index (χ2n) is 7.82. The number of aromatic hydroxyl groups is 1. The van der Waals surface area contributed by atoms with Gasteiger partial charge in [0.05, 0.1) is 6.10 Å². The van der Waals surface area contributed by atoms with Crippen molar-refractivity contribution in [2.24, 2.45) is 11.8 Å². The Balaban J connectivity index is 0.000000236. The Morgan fingerprint density at radius 2 is 1.92 bits per heavy atom. The summed E-state index contributed by atoms with van der Waals surface area (Å²) in [6.07, 6.45) is 12.4.